The second-order valence-corrected chi connectivity index (χ2v) is 5.60. The number of carbonyl (C=O) groups is 3. The fourth-order valence-corrected chi connectivity index (χ4v) is 2.64. The van der Waals surface area contributed by atoms with Gasteiger partial charge in [-0.15, -0.1) is 0 Å². The van der Waals surface area contributed by atoms with Crippen LogP contribution in [-0.2, 0) is 20.8 Å². The molecule has 4 N–H and O–H groups in total. The van der Waals surface area contributed by atoms with E-state index in [4.69, 9.17) is 10.8 Å². The zero-order valence-corrected chi connectivity index (χ0v) is 12.8. The first-order chi connectivity index (χ1) is 11.0. The Kier molecular flexibility index (Phi) is 5.84. The van der Waals surface area contributed by atoms with Gasteiger partial charge in [0.15, 0.2) is 0 Å². The Labute approximate surface area is 134 Å². The van der Waals surface area contributed by atoms with Crippen molar-refractivity contribution in [3.63, 3.8) is 0 Å². The lowest BCUT2D eigenvalue weighted by Crippen LogP contribution is -2.54. The average molecular weight is 319 g/mol. The lowest BCUT2D eigenvalue weighted by Gasteiger charge is -2.25. The van der Waals surface area contributed by atoms with Gasteiger partial charge in [0, 0.05) is 0 Å². The number of benzene rings is 1. The number of imide groups is 1. The van der Waals surface area contributed by atoms with Crippen molar-refractivity contribution >= 4 is 17.8 Å². The molecule has 0 radical (unpaired) electrons. The molecule has 1 heterocycles. The number of rotatable bonds is 6. The Morgan fingerprint density at radius 2 is 2.00 bits per heavy atom. The van der Waals surface area contributed by atoms with Gasteiger partial charge in [0.05, 0.1) is 12.1 Å². The maximum absolute atomic E-state index is 12.5. The summed E-state index contributed by atoms with van der Waals surface area (Å²) >= 11 is 0. The first-order valence-corrected chi connectivity index (χ1v) is 7.59. The number of nitrogens with two attached hydrogens (primary N) is 1. The molecular formula is C16H21N3O4. The van der Waals surface area contributed by atoms with E-state index in [9.17, 15) is 14.4 Å². The summed E-state index contributed by atoms with van der Waals surface area (Å²) in [7, 11) is 0. The van der Waals surface area contributed by atoms with Crippen LogP contribution >= 0.6 is 0 Å². The van der Waals surface area contributed by atoms with Crippen LogP contribution in [0.4, 0.5) is 0 Å². The molecule has 7 nitrogen and oxygen atoms in total. The van der Waals surface area contributed by atoms with Gasteiger partial charge in [0.2, 0.25) is 11.8 Å². The van der Waals surface area contributed by atoms with E-state index >= 15 is 0 Å². The molecule has 2 amide bonds. The van der Waals surface area contributed by atoms with Gasteiger partial charge in [-0.05, 0) is 31.4 Å². The molecule has 0 aliphatic carbocycles. The highest BCUT2D eigenvalue weighted by Crippen LogP contribution is 2.11. The minimum absolute atomic E-state index is 0.251. The summed E-state index contributed by atoms with van der Waals surface area (Å²) in [5, 5.41) is 12.0. The number of hydrogen-bond donors (Lipinski definition) is 3. The monoisotopic (exact) mass is 319 g/mol. The molecule has 2 unspecified atom stereocenters. The van der Waals surface area contributed by atoms with Gasteiger partial charge in [0.1, 0.15) is 6.54 Å². The summed E-state index contributed by atoms with van der Waals surface area (Å²) < 4.78 is 0. The number of carboxylic acids is 1. The molecule has 1 aliphatic rings. The highest BCUT2D eigenvalue weighted by atomic mass is 16.4. The molecule has 7 heteroatoms. The van der Waals surface area contributed by atoms with Crippen LogP contribution in [0.1, 0.15) is 18.4 Å². The van der Waals surface area contributed by atoms with Gasteiger partial charge in [-0.3, -0.25) is 19.3 Å². The van der Waals surface area contributed by atoms with Crippen molar-refractivity contribution < 1.29 is 19.5 Å². The second-order valence-electron chi connectivity index (χ2n) is 5.60. The van der Waals surface area contributed by atoms with Gasteiger partial charge in [-0.2, -0.15) is 0 Å². The highest BCUT2D eigenvalue weighted by Gasteiger charge is 2.34. The Morgan fingerprint density at radius 1 is 1.30 bits per heavy atom. The van der Waals surface area contributed by atoms with Crippen molar-refractivity contribution in [3.05, 3.63) is 35.9 Å². The van der Waals surface area contributed by atoms with E-state index in [0.717, 1.165) is 16.9 Å². The Hall–Kier alpha value is -2.25. The molecule has 0 spiro atoms. The normalized spacial score (nSPS) is 18.4. The van der Waals surface area contributed by atoms with Gasteiger partial charge >= 0.3 is 5.97 Å². The van der Waals surface area contributed by atoms with Crippen molar-refractivity contribution in [2.45, 2.75) is 31.3 Å². The summed E-state index contributed by atoms with van der Waals surface area (Å²) in [6, 6.07) is 7.70. The Balaban J connectivity index is 2.08. The van der Waals surface area contributed by atoms with Gasteiger partial charge in [0.25, 0.3) is 0 Å². The number of hydrogen-bond acceptors (Lipinski definition) is 5. The smallest absolute Gasteiger partial charge is 0.323 e. The van der Waals surface area contributed by atoms with Crippen LogP contribution in [0.25, 0.3) is 0 Å². The van der Waals surface area contributed by atoms with Crippen molar-refractivity contribution in [2.75, 3.05) is 13.1 Å². The molecule has 0 bridgehead atoms. The Bertz CT molecular complexity index is 570. The van der Waals surface area contributed by atoms with Crippen molar-refractivity contribution in [3.8, 4) is 0 Å². The Morgan fingerprint density at radius 3 is 2.57 bits per heavy atom. The molecule has 1 fully saturated rings. The molecule has 1 aromatic rings. The fraction of sp³-hybridized carbons (Fsp3) is 0.438. The minimum atomic E-state index is -1.24. The number of carbonyl (C=O) groups excluding carboxylic acids is 2. The number of nitrogens with zero attached hydrogens (tertiary/aromatic N) is 1. The van der Waals surface area contributed by atoms with E-state index < -0.39 is 36.4 Å². The van der Waals surface area contributed by atoms with E-state index in [0.29, 0.717) is 13.0 Å². The number of carboxylic acid groups (broad SMARTS) is 1. The first-order valence-electron chi connectivity index (χ1n) is 7.59. The molecule has 23 heavy (non-hydrogen) atoms. The number of amides is 2. The summed E-state index contributed by atoms with van der Waals surface area (Å²) in [5.41, 5.74) is 6.76. The third-order valence-electron chi connectivity index (χ3n) is 3.80. The first kappa shape index (κ1) is 17.1. The molecule has 0 aromatic heterocycles. The van der Waals surface area contributed by atoms with Crippen LogP contribution in [0.5, 0.6) is 0 Å². The largest absolute Gasteiger partial charge is 0.480 e. The van der Waals surface area contributed by atoms with E-state index in [1.165, 1.54) is 0 Å². The summed E-state index contributed by atoms with van der Waals surface area (Å²) in [6.07, 6.45) is 1.67. The van der Waals surface area contributed by atoms with E-state index in [-0.39, 0.29) is 6.42 Å². The lowest BCUT2D eigenvalue weighted by atomic mass is 10.0. The van der Waals surface area contributed by atoms with E-state index in [1.807, 2.05) is 30.3 Å². The second kappa shape index (κ2) is 7.85. The molecule has 1 saturated heterocycles. The van der Waals surface area contributed by atoms with Gasteiger partial charge in [-0.25, -0.2) is 0 Å². The average Bonchev–Trinajstić information content (AvgIpc) is 3.06. The predicted octanol–water partition coefficient (Wildman–Crippen LogP) is -0.252. The summed E-state index contributed by atoms with van der Waals surface area (Å²) in [4.78, 5) is 36.6. The molecule has 2 atom stereocenters. The third kappa shape index (κ3) is 4.61. The molecule has 2 rings (SSSR count). The van der Waals surface area contributed by atoms with Crippen LogP contribution in [-0.4, -0.2) is 53.0 Å². The van der Waals surface area contributed by atoms with Crippen LogP contribution in [0.15, 0.2) is 30.3 Å². The molecule has 0 saturated carbocycles. The van der Waals surface area contributed by atoms with Crippen LogP contribution in [0.2, 0.25) is 0 Å². The molecule has 1 aromatic carbocycles. The highest BCUT2D eigenvalue weighted by molar-refractivity contribution is 6.02. The summed E-state index contributed by atoms with van der Waals surface area (Å²) in [6.45, 7) is 0.0138. The zero-order valence-electron chi connectivity index (χ0n) is 12.8. The minimum Gasteiger partial charge on any atom is -0.480 e. The van der Waals surface area contributed by atoms with Crippen molar-refractivity contribution in [1.29, 1.82) is 0 Å². The molecule has 124 valence electrons. The van der Waals surface area contributed by atoms with Crippen molar-refractivity contribution in [2.24, 2.45) is 5.73 Å². The lowest BCUT2D eigenvalue weighted by molar-refractivity contribution is -0.154. The van der Waals surface area contributed by atoms with Crippen LogP contribution in [0, 0.1) is 0 Å². The standard InChI is InChI=1S/C16H21N3O4/c17-12(9-11-5-2-1-3-6-11)15(22)19(10-14(20)21)16(23)13-7-4-8-18-13/h1-3,5-6,12-13,18H,4,7-10,17H2,(H,20,21). The third-order valence-corrected chi connectivity index (χ3v) is 3.80. The fourth-order valence-electron chi connectivity index (χ4n) is 2.64. The zero-order chi connectivity index (χ0) is 16.8. The van der Waals surface area contributed by atoms with E-state index in [1.54, 1.807) is 0 Å². The molecule has 1 aliphatic heterocycles. The SMILES string of the molecule is NC(Cc1ccccc1)C(=O)N(CC(=O)O)C(=O)C1CCCN1. The van der Waals surface area contributed by atoms with Gasteiger partial charge in [-0.1, -0.05) is 30.3 Å². The topological polar surface area (TPSA) is 113 Å². The van der Waals surface area contributed by atoms with Crippen LogP contribution < -0.4 is 11.1 Å². The van der Waals surface area contributed by atoms with Crippen molar-refractivity contribution in [1.82, 2.24) is 10.2 Å². The number of nitrogens with one attached hydrogen (secondary N) is 1. The van der Waals surface area contributed by atoms with E-state index in [2.05, 4.69) is 5.32 Å². The van der Waals surface area contributed by atoms with Crippen LogP contribution in [0.3, 0.4) is 0 Å². The molecular weight excluding hydrogens is 298 g/mol. The summed E-state index contributed by atoms with van der Waals surface area (Å²) in [5.74, 6) is -2.41. The quantitative estimate of drug-likeness (QED) is 0.666. The maximum atomic E-state index is 12.5. The maximum Gasteiger partial charge on any atom is 0.323 e. The van der Waals surface area contributed by atoms with Gasteiger partial charge < -0.3 is 16.2 Å². The number of aliphatic carboxylic acids is 1. The predicted molar refractivity (Wildman–Crippen MR) is 83.5 cm³/mol.